The van der Waals surface area contributed by atoms with Crippen LogP contribution in [0.25, 0.3) is 0 Å². The molecule has 0 aromatic carbocycles. The molecule has 0 aliphatic heterocycles. The second kappa shape index (κ2) is 4.19. The van der Waals surface area contributed by atoms with Gasteiger partial charge in [-0.15, -0.1) is 0 Å². The predicted molar refractivity (Wildman–Crippen MR) is 54.7 cm³/mol. The lowest BCUT2D eigenvalue weighted by Gasteiger charge is -2.03. The summed E-state index contributed by atoms with van der Waals surface area (Å²) >= 11 is 0. The lowest BCUT2D eigenvalue weighted by Crippen LogP contribution is -2.32. The first kappa shape index (κ1) is 12.0. The Morgan fingerprint density at radius 3 is 2.53 bits per heavy atom. The molecule has 1 aromatic rings. The van der Waals surface area contributed by atoms with E-state index in [1.165, 1.54) is 0 Å². The molecule has 0 atom stereocenters. The first-order valence-corrected chi connectivity index (χ1v) is 6.45. The fourth-order valence-electron chi connectivity index (χ4n) is 1.07. The van der Waals surface area contributed by atoms with Gasteiger partial charge in [-0.3, -0.25) is 14.3 Å². The minimum atomic E-state index is -4.12. The van der Waals surface area contributed by atoms with Crippen molar-refractivity contribution < 1.29 is 8.42 Å². The van der Waals surface area contributed by atoms with Crippen molar-refractivity contribution in [2.45, 2.75) is 24.8 Å². The summed E-state index contributed by atoms with van der Waals surface area (Å²) in [5.41, 5.74) is -1.65. The van der Waals surface area contributed by atoms with E-state index in [1.807, 2.05) is 11.9 Å². The molecule has 0 fully saturated rings. The Morgan fingerprint density at radius 2 is 2.07 bits per heavy atom. The van der Waals surface area contributed by atoms with Gasteiger partial charge in [0.1, 0.15) is 0 Å². The highest BCUT2D eigenvalue weighted by Gasteiger charge is 2.16. The van der Waals surface area contributed by atoms with Crippen LogP contribution in [0.5, 0.6) is 0 Å². The molecule has 0 bridgehead atoms. The summed E-state index contributed by atoms with van der Waals surface area (Å²) in [6.45, 7) is 2.13. The van der Waals surface area contributed by atoms with Crippen LogP contribution in [0, 0.1) is 0 Å². The minimum absolute atomic E-state index is 0.315. The molecular formula is C7H9ClN2O4S. The molecule has 0 unspecified atom stereocenters. The van der Waals surface area contributed by atoms with Crippen LogP contribution in [-0.4, -0.2) is 18.0 Å². The van der Waals surface area contributed by atoms with Crippen molar-refractivity contribution in [1.29, 1.82) is 0 Å². The highest BCUT2D eigenvalue weighted by Crippen LogP contribution is 2.07. The van der Waals surface area contributed by atoms with Crippen LogP contribution in [0.2, 0.25) is 0 Å². The summed E-state index contributed by atoms with van der Waals surface area (Å²) in [7, 11) is 0.903. The summed E-state index contributed by atoms with van der Waals surface area (Å²) in [6, 6.07) is 0. The average molecular weight is 253 g/mol. The van der Waals surface area contributed by atoms with E-state index in [0.29, 0.717) is 13.0 Å². The van der Waals surface area contributed by atoms with E-state index in [9.17, 15) is 18.0 Å². The Balaban J connectivity index is 3.51. The lowest BCUT2D eigenvalue weighted by atomic mass is 10.5. The largest absolute Gasteiger partial charge is 0.328 e. The summed E-state index contributed by atoms with van der Waals surface area (Å²) in [5, 5.41) is 0. The van der Waals surface area contributed by atoms with E-state index in [4.69, 9.17) is 10.7 Å². The second-order valence-corrected chi connectivity index (χ2v) is 5.42. The quantitative estimate of drug-likeness (QED) is 0.759. The summed E-state index contributed by atoms with van der Waals surface area (Å²) in [4.78, 5) is 23.6. The zero-order valence-corrected chi connectivity index (χ0v) is 9.43. The van der Waals surface area contributed by atoms with Crippen LogP contribution in [0.4, 0.5) is 0 Å². The topological polar surface area (TPSA) is 89.0 Å². The Labute approximate surface area is 89.9 Å². The predicted octanol–water partition coefficient (Wildman–Crippen LogP) is -0.126. The minimum Gasteiger partial charge on any atom is -0.299 e. The van der Waals surface area contributed by atoms with E-state index < -0.39 is 25.2 Å². The zero-order valence-electron chi connectivity index (χ0n) is 7.86. The van der Waals surface area contributed by atoms with E-state index >= 15 is 0 Å². The first-order valence-electron chi connectivity index (χ1n) is 4.14. The molecule has 0 aliphatic rings. The highest BCUT2D eigenvalue weighted by molar-refractivity contribution is 8.13. The van der Waals surface area contributed by atoms with Crippen LogP contribution in [0.1, 0.15) is 13.3 Å². The molecule has 15 heavy (non-hydrogen) atoms. The molecule has 1 heterocycles. The molecule has 0 amide bonds. The third kappa shape index (κ3) is 2.69. The third-order valence-corrected chi connectivity index (χ3v) is 3.02. The molecular weight excluding hydrogens is 244 g/mol. The van der Waals surface area contributed by atoms with Gasteiger partial charge in [0.05, 0.1) is 0 Å². The van der Waals surface area contributed by atoms with E-state index in [0.717, 1.165) is 10.8 Å². The third-order valence-electron chi connectivity index (χ3n) is 1.71. The van der Waals surface area contributed by atoms with Crippen LogP contribution in [-0.2, 0) is 15.6 Å². The van der Waals surface area contributed by atoms with Gasteiger partial charge in [-0.1, -0.05) is 6.92 Å². The molecule has 0 saturated heterocycles. The number of aromatic nitrogens is 2. The van der Waals surface area contributed by atoms with Crippen LogP contribution >= 0.6 is 10.7 Å². The van der Waals surface area contributed by atoms with E-state index in [-0.39, 0.29) is 0 Å². The molecule has 0 spiro atoms. The van der Waals surface area contributed by atoms with Crippen LogP contribution < -0.4 is 11.2 Å². The first-order chi connectivity index (χ1) is 6.86. The van der Waals surface area contributed by atoms with E-state index in [2.05, 4.69) is 0 Å². The Bertz CT molecular complexity index is 571. The fraction of sp³-hybridized carbons (Fsp3) is 0.429. The van der Waals surface area contributed by atoms with Gasteiger partial charge < -0.3 is 0 Å². The number of nitrogens with zero attached hydrogens (tertiary/aromatic N) is 1. The van der Waals surface area contributed by atoms with Crippen molar-refractivity contribution in [2.24, 2.45) is 0 Å². The van der Waals surface area contributed by atoms with Crippen molar-refractivity contribution in [3.8, 4) is 0 Å². The number of aryl methyl sites for hydroxylation is 1. The van der Waals surface area contributed by atoms with Crippen LogP contribution in [0.3, 0.4) is 0 Å². The van der Waals surface area contributed by atoms with Crippen molar-refractivity contribution >= 4 is 19.7 Å². The van der Waals surface area contributed by atoms with Crippen LogP contribution in [0.15, 0.2) is 20.7 Å². The van der Waals surface area contributed by atoms with Crippen molar-refractivity contribution in [3.05, 3.63) is 27.0 Å². The van der Waals surface area contributed by atoms with Gasteiger partial charge in [0, 0.05) is 23.4 Å². The number of H-pyrrole nitrogens is 1. The standard InChI is InChI=1S/C7H9ClN2O4S/c1-2-3-10-4-5(15(8,13)14)6(11)9-7(10)12/h4H,2-3H2,1H3,(H,9,11,12). The van der Waals surface area contributed by atoms with Gasteiger partial charge in [-0.05, 0) is 6.42 Å². The van der Waals surface area contributed by atoms with Crippen molar-refractivity contribution in [2.75, 3.05) is 0 Å². The smallest absolute Gasteiger partial charge is 0.299 e. The fourth-order valence-corrected chi connectivity index (χ4v) is 1.93. The number of halogens is 1. The maximum atomic E-state index is 11.2. The normalized spacial score (nSPS) is 11.6. The Kier molecular flexibility index (Phi) is 3.35. The molecule has 0 radical (unpaired) electrons. The number of rotatable bonds is 3. The molecule has 8 heteroatoms. The molecule has 1 rings (SSSR count). The zero-order chi connectivity index (χ0) is 11.6. The number of hydrogen-bond donors (Lipinski definition) is 1. The van der Waals surface area contributed by atoms with Gasteiger partial charge >= 0.3 is 5.69 Å². The number of hydrogen-bond acceptors (Lipinski definition) is 4. The maximum Gasteiger partial charge on any atom is 0.328 e. The van der Waals surface area contributed by atoms with Gasteiger partial charge in [-0.25, -0.2) is 13.2 Å². The van der Waals surface area contributed by atoms with Gasteiger partial charge in [0.15, 0.2) is 4.90 Å². The second-order valence-electron chi connectivity index (χ2n) is 2.88. The monoisotopic (exact) mass is 252 g/mol. The van der Waals surface area contributed by atoms with E-state index in [1.54, 1.807) is 0 Å². The molecule has 6 nitrogen and oxygen atoms in total. The number of nitrogens with one attached hydrogen (secondary N) is 1. The van der Waals surface area contributed by atoms with Crippen molar-refractivity contribution in [3.63, 3.8) is 0 Å². The summed E-state index contributed by atoms with van der Waals surface area (Å²) in [5.74, 6) is 0. The molecule has 1 aromatic heterocycles. The van der Waals surface area contributed by atoms with Gasteiger partial charge in [-0.2, -0.15) is 0 Å². The Morgan fingerprint density at radius 1 is 1.47 bits per heavy atom. The highest BCUT2D eigenvalue weighted by atomic mass is 35.7. The SMILES string of the molecule is CCCn1cc(S(=O)(=O)Cl)c(=O)[nH]c1=O. The van der Waals surface area contributed by atoms with Crippen molar-refractivity contribution in [1.82, 2.24) is 9.55 Å². The maximum absolute atomic E-state index is 11.2. The van der Waals surface area contributed by atoms with Gasteiger partial charge in [0.25, 0.3) is 14.6 Å². The summed E-state index contributed by atoms with van der Waals surface area (Å²) < 4.78 is 23.0. The molecule has 0 saturated carbocycles. The molecule has 0 aliphatic carbocycles. The lowest BCUT2D eigenvalue weighted by molar-refractivity contribution is 0.593. The Hall–Kier alpha value is -1.08. The molecule has 1 N–H and O–H groups in total. The summed E-state index contributed by atoms with van der Waals surface area (Å²) in [6.07, 6.45) is 1.58. The average Bonchev–Trinajstić information content (AvgIpc) is 2.07. The molecule has 84 valence electrons. The van der Waals surface area contributed by atoms with Gasteiger partial charge in [0.2, 0.25) is 0 Å². The number of aromatic amines is 1.